The molecule has 1 aliphatic rings. The lowest BCUT2D eigenvalue weighted by molar-refractivity contribution is 0.0218. The molecule has 5 rings (SSSR count). The highest BCUT2D eigenvalue weighted by atomic mass is 16.6. The zero-order valence-corrected chi connectivity index (χ0v) is 26.4. The van der Waals surface area contributed by atoms with Gasteiger partial charge in [0.25, 0.3) is 0 Å². The predicted molar refractivity (Wildman–Crippen MR) is 168 cm³/mol. The molecule has 3 N–H and O–H groups in total. The summed E-state index contributed by atoms with van der Waals surface area (Å²) in [7, 11) is 0. The summed E-state index contributed by atoms with van der Waals surface area (Å²) in [5, 5.41) is 2.80. The second kappa shape index (κ2) is 12.1. The molecule has 2 amide bonds. The molecule has 4 heterocycles. The fourth-order valence-corrected chi connectivity index (χ4v) is 5.04. The van der Waals surface area contributed by atoms with Crippen molar-refractivity contribution < 1.29 is 19.1 Å². The number of likely N-dealkylation sites (tertiary alicyclic amines) is 1. The number of ether oxygens (including phenoxy) is 2. The predicted octanol–water partition coefficient (Wildman–Crippen LogP) is 7.19. The topological polar surface area (TPSA) is 138 Å². The zero-order valence-electron chi connectivity index (χ0n) is 26.4. The van der Waals surface area contributed by atoms with Crippen molar-refractivity contribution in [1.82, 2.24) is 35.1 Å². The van der Waals surface area contributed by atoms with Crippen LogP contribution in [0.1, 0.15) is 85.0 Å². The molecule has 1 saturated heterocycles. The summed E-state index contributed by atoms with van der Waals surface area (Å²) in [6.45, 7) is 13.6. The van der Waals surface area contributed by atoms with Gasteiger partial charge in [-0.2, -0.15) is 0 Å². The standard InChI is InChI=1S/C33H41N7O4/c1-20(37-30(41)43-32(2,3)4)28-35-19-26(38-28)23-14-15-24(34-17-23)21-10-12-22(13-11-21)25-18-36-29(39-25)27-9-8-16-40(27)31(42)44-33(5,6)7/h10-15,17-20,27H,8-9,16H2,1-7H3,(H,35,38)(H,36,39)(H,37,41)/t20-,27-/m0/s1. The van der Waals surface area contributed by atoms with Crippen LogP contribution in [0.5, 0.6) is 0 Å². The van der Waals surface area contributed by atoms with Crippen molar-refractivity contribution in [3.05, 3.63) is 66.6 Å². The van der Waals surface area contributed by atoms with E-state index in [9.17, 15) is 9.59 Å². The van der Waals surface area contributed by atoms with Crippen LogP contribution in [-0.4, -0.2) is 59.8 Å². The molecule has 0 spiro atoms. The average molecular weight is 600 g/mol. The minimum atomic E-state index is -0.573. The Hall–Kier alpha value is -4.67. The first kappa shape index (κ1) is 30.8. The highest BCUT2D eigenvalue weighted by Gasteiger charge is 2.34. The first-order valence-electron chi connectivity index (χ1n) is 14.9. The van der Waals surface area contributed by atoms with Crippen molar-refractivity contribution >= 4 is 12.2 Å². The van der Waals surface area contributed by atoms with Crippen molar-refractivity contribution in [2.24, 2.45) is 0 Å². The molecule has 0 saturated carbocycles. The van der Waals surface area contributed by atoms with E-state index in [1.54, 1.807) is 17.3 Å². The maximum Gasteiger partial charge on any atom is 0.410 e. The molecule has 11 nitrogen and oxygen atoms in total. The summed E-state index contributed by atoms with van der Waals surface area (Å²) in [5.41, 5.74) is 4.26. The smallest absolute Gasteiger partial charge is 0.410 e. The lowest BCUT2D eigenvalue weighted by Crippen LogP contribution is -2.36. The van der Waals surface area contributed by atoms with Gasteiger partial charge in [0.05, 0.1) is 41.6 Å². The van der Waals surface area contributed by atoms with Crippen molar-refractivity contribution in [1.29, 1.82) is 0 Å². The summed E-state index contributed by atoms with van der Waals surface area (Å²) in [6, 6.07) is 11.6. The number of hydrogen-bond donors (Lipinski definition) is 3. The fourth-order valence-electron chi connectivity index (χ4n) is 5.04. The Morgan fingerprint density at radius 2 is 1.48 bits per heavy atom. The van der Waals surface area contributed by atoms with Crippen LogP contribution in [0.2, 0.25) is 0 Å². The highest BCUT2D eigenvalue weighted by Crippen LogP contribution is 2.33. The fraction of sp³-hybridized carbons (Fsp3) is 0.424. The summed E-state index contributed by atoms with van der Waals surface area (Å²) >= 11 is 0. The number of alkyl carbamates (subject to hydrolysis) is 1. The van der Waals surface area contributed by atoms with Gasteiger partial charge in [-0.15, -0.1) is 0 Å². The molecule has 0 aliphatic carbocycles. The molecule has 232 valence electrons. The van der Waals surface area contributed by atoms with Gasteiger partial charge >= 0.3 is 12.2 Å². The number of amides is 2. The number of aromatic nitrogens is 5. The number of imidazole rings is 2. The molecule has 0 bridgehead atoms. The third-order valence-corrected chi connectivity index (χ3v) is 7.10. The number of benzene rings is 1. The number of carbonyl (C=O) groups excluding carboxylic acids is 2. The third-order valence-electron chi connectivity index (χ3n) is 7.10. The zero-order chi connectivity index (χ0) is 31.6. The summed E-state index contributed by atoms with van der Waals surface area (Å²) in [4.78, 5) is 47.0. The average Bonchev–Trinajstić information content (AvgIpc) is 3.72. The van der Waals surface area contributed by atoms with Gasteiger partial charge in [0.1, 0.15) is 22.9 Å². The number of H-pyrrole nitrogens is 2. The molecule has 11 heteroatoms. The van der Waals surface area contributed by atoms with Crippen LogP contribution in [0.3, 0.4) is 0 Å². The van der Waals surface area contributed by atoms with Gasteiger partial charge in [0.15, 0.2) is 0 Å². The maximum absolute atomic E-state index is 12.7. The molecule has 4 aromatic rings. The molecule has 3 aromatic heterocycles. The lowest BCUT2D eigenvalue weighted by Gasteiger charge is -2.27. The Morgan fingerprint density at radius 3 is 2.14 bits per heavy atom. The molecule has 1 fully saturated rings. The van der Waals surface area contributed by atoms with Gasteiger partial charge in [-0.05, 0) is 79.0 Å². The molecule has 2 atom stereocenters. The van der Waals surface area contributed by atoms with Crippen LogP contribution in [0.25, 0.3) is 33.8 Å². The Morgan fingerprint density at radius 1 is 0.841 bits per heavy atom. The number of pyridine rings is 1. The van der Waals surface area contributed by atoms with E-state index in [0.29, 0.717) is 12.4 Å². The van der Waals surface area contributed by atoms with Crippen molar-refractivity contribution in [2.75, 3.05) is 6.54 Å². The number of nitrogens with one attached hydrogen (secondary N) is 3. The SMILES string of the molecule is C[C@H](NC(=O)OC(C)(C)C)c1ncc(-c2ccc(-c3ccc(-c4cnc([C@@H]5CCCN5C(=O)OC(C)(C)C)[nH]4)cc3)nc2)[nH]1. The summed E-state index contributed by atoms with van der Waals surface area (Å²) in [5.74, 6) is 1.39. The van der Waals surface area contributed by atoms with E-state index in [-0.39, 0.29) is 18.2 Å². The Labute approximate surface area is 257 Å². The van der Waals surface area contributed by atoms with Crippen LogP contribution >= 0.6 is 0 Å². The second-order valence-corrected chi connectivity index (χ2v) is 13.1. The summed E-state index contributed by atoms with van der Waals surface area (Å²) < 4.78 is 10.9. The van der Waals surface area contributed by atoms with E-state index < -0.39 is 17.3 Å². The molecule has 44 heavy (non-hydrogen) atoms. The van der Waals surface area contributed by atoms with E-state index in [2.05, 4.69) is 30.2 Å². The molecule has 1 aliphatic heterocycles. The number of rotatable bonds is 6. The first-order chi connectivity index (χ1) is 20.8. The first-order valence-corrected chi connectivity index (χ1v) is 14.9. The number of carbonyl (C=O) groups is 2. The quantitative estimate of drug-likeness (QED) is 0.213. The van der Waals surface area contributed by atoms with Gasteiger partial charge in [-0.3, -0.25) is 9.88 Å². The van der Waals surface area contributed by atoms with E-state index >= 15 is 0 Å². The normalized spacial score (nSPS) is 16.1. The Bertz CT molecular complexity index is 1590. The van der Waals surface area contributed by atoms with E-state index in [0.717, 1.165) is 52.4 Å². The Kier molecular flexibility index (Phi) is 8.49. The largest absolute Gasteiger partial charge is 0.444 e. The minimum absolute atomic E-state index is 0.129. The van der Waals surface area contributed by atoms with Crippen LogP contribution in [0.4, 0.5) is 9.59 Å². The number of aromatic amines is 2. The molecule has 0 unspecified atom stereocenters. The van der Waals surface area contributed by atoms with Gasteiger partial charge in [-0.1, -0.05) is 24.3 Å². The highest BCUT2D eigenvalue weighted by molar-refractivity contribution is 5.70. The molecular weight excluding hydrogens is 558 g/mol. The van der Waals surface area contributed by atoms with Crippen molar-refractivity contribution in [3.8, 4) is 33.8 Å². The van der Waals surface area contributed by atoms with Crippen LogP contribution < -0.4 is 5.32 Å². The van der Waals surface area contributed by atoms with E-state index in [4.69, 9.17) is 9.47 Å². The summed E-state index contributed by atoms with van der Waals surface area (Å²) in [6.07, 6.45) is 6.29. The molecular formula is C33H41N7O4. The minimum Gasteiger partial charge on any atom is -0.444 e. The van der Waals surface area contributed by atoms with Crippen LogP contribution in [0, 0.1) is 0 Å². The second-order valence-electron chi connectivity index (χ2n) is 13.1. The van der Waals surface area contributed by atoms with Gasteiger partial charge in [-0.25, -0.2) is 19.6 Å². The number of nitrogens with zero attached hydrogens (tertiary/aromatic N) is 4. The van der Waals surface area contributed by atoms with Crippen LogP contribution in [0.15, 0.2) is 55.0 Å². The third kappa shape index (κ3) is 7.45. The van der Waals surface area contributed by atoms with Crippen LogP contribution in [-0.2, 0) is 9.47 Å². The van der Waals surface area contributed by atoms with Crippen molar-refractivity contribution in [2.45, 2.75) is 84.6 Å². The molecule has 1 aromatic carbocycles. The Balaban J connectivity index is 1.22. The van der Waals surface area contributed by atoms with Gasteiger partial charge in [0.2, 0.25) is 0 Å². The van der Waals surface area contributed by atoms with Gasteiger partial charge in [0, 0.05) is 23.9 Å². The lowest BCUT2D eigenvalue weighted by atomic mass is 10.1. The number of hydrogen-bond acceptors (Lipinski definition) is 7. The molecule has 0 radical (unpaired) electrons. The maximum atomic E-state index is 12.7. The van der Waals surface area contributed by atoms with Crippen molar-refractivity contribution in [3.63, 3.8) is 0 Å². The van der Waals surface area contributed by atoms with E-state index in [1.165, 1.54) is 0 Å². The van der Waals surface area contributed by atoms with Gasteiger partial charge < -0.3 is 24.8 Å². The monoisotopic (exact) mass is 599 g/mol. The van der Waals surface area contributed by atoms with E-state index in [1.807, 2.05) is 91.1 Å².